The molecule has 0 heterocycles. The molecule has 0 atom stereocenters. The van der Waals surface area contributed by atoms with Gasteiger partial charge in [-0.15, -0.1) is 0 Å². The highest BCUT2D eigenvalue weighted by Gasteiger charge is 2.10. The molecule has 0 unspecified atom stereocenters. The van der Waals surface area contributed by atoms with E-state index in [1.54, 1.807) is 26.0 Å². The Bertz CT molecular complexity index is 347. The van der Waals surface area contributed by atoms with Gasteiger partial charge in [0, 0.05) is 0 Å². The predicted molar refractivity (Wildman–Crippen MR) is 61.4 cm³/mol. The van der Waals surface area contributed by atoms with E-state index in [1.807, 2.05) is 22.6 Å². The minimum Gasteiger partial charge on any atom is -0.507 e. The fraction of sp³-hybridized carbons (Fsp3) is 0.300. The second kappa shape index (κ2) is 4.63. The monoisotopic (exact) mass is 306 g/mol. The Morgan fingerprint density at radius 3 is 2.64 bits per heavy atom. The molecule has 1 aromatic carbocycles. The molecule has 0 spiro atoms. The first-order valence-corrected chi connectivity index (χ1v) is 5.28. The molecule has 0 saturated heterocycles. The van der Waals surface area contributed by atoms with Gasteiger partial charge in [-0.2, -0.15) is 0 Å². The molecule has 0 fully saturated rings. The van der Waals surface area contributed by atoms with Gasteiger partial charge in [0.2, 0.25) is 0 Å². The second-order valence-corrected chi connectivity index (χ2v) is 4.28. The molecule has 1 N–H and O–H groups in total. The van der Waals surface area contributed by atoms with Crippen molar-refractivity contribution in [1.29, 1.82) is 0 Å². The number of halogens is 1. The Balaban J connectivity index is 2.86. The number of phenolic OH excluding ortho intramolecular Hbond substituents is 1. The van der Waals surface area contributed by atoms with Gasteiger partial charge in [-0.3, -0.25) is 0 Å². The van der Waals surface area contributed by atoms with Crippen molar-refractivity contribution in [3.63, 3.8) is 0 Å². The number of esters is 1. The third kappa shape index (κ3) is 2.87. The van der Waals surface area contributed by atoms with Crippen LogP contribution in [-0.4, -0.2) is 17.2 Å². The first kappa shape index (κ1) is 11.3. The molecule has 14 heavy (non-hydrogen) atoms. The van der Waals surface area contributed by atoms with Crippen LogP contribution in [-0.2, 0) is 4.74 Å². The van der Waals surface area contributed by atoms with Crippen molar-refractivity contribution in [1.82, 2.24) is 0 Å². The zero-order chi connectivity index (χ0) is 10.7. The van der Waals surface area contributed by atoms with Gasteiger partial charge in [-0.05, 0) is 54.6 Å². The van der Waals surface area contributed by atoms with Crippen LogP contribution in [0.25, 0.3) is 0 Å². The summed E-state index contributed by atoms with van der Waals surface area (Å²) in [7, 11) is 0. The molecule has 1 rings (SSSR count). The number of ether oxygens (including phenoxy) is 1. The third-order valence-corrected chi connectivity index (χ3v) is 2.44. The molecule has 0 bridgehead atoms. The van der Waals surface area contributed by atoms with Crippen molar-refractivity contribution >= 4 is 28.6 Å². The lowest BCUT2D eigenvalue weighted by atomic mass is 10.2. The Morgan fingerprint density at radius 1 is 1.50 bits per heavy atom. The van der Waals surface area contributed by atoms with E-state index >= 15 is 0 Å². The van der Waals surface area contributed by atoms with E-state index in [4.69, 9.17) is 4.74 Å². The van der Waals surface area contributed by atoms with Crippen LogP contribution in [0.5, 0.6) is 5.75 Å². The Hall–Kier alpha value is -0.780. The van der Waals surface area contributed by atoms with E-state index in [-0.39, 0.29) is 11.9 Å². The molecule has 4 heteroatoms. The van der Waals surface area contributed by atoms with Crippen molar-refractivity contribution in [2.24, 2.45) is 0 Å². The van der Waals surface area contributed by atoms with Crippen LogP contribution in [0.3, 0.4) is 0 Å². The van der Waals surface area contributed by atoms with Crippen molar-refractivity contribution < 1.29 is 14.6 Å². The number of phenols is 1. The highest BCUT2D eigenvalue weighted by molar-refractivity contribution is 14.1. The number of rotatable bonds is 2. The van der Waals surface area contributed by atoms with Crippen LogP contribution >= 0.6 is 22.6 Å². The van der Waals surface area contributed by atoms with Crippen LogP contribution in [0.15, 0.2) is 18.2 Å². The molecule has 0 amide bonds. The van der Waals surface area contributed by atoms with E-state index < -0.39 is 5.97 Å². The predicted octanol–water partition coefficient (Wildman–Crippen LogP) is 2.56. The molecular formula is C10H11IO3. The molecule has 0 saturated carbocycles. The summed E-state index contributed by atoms with van der Waals surface area (Å²) < 4.78 is 5.69. The summed E-state index contributed by atoms with van der Waals surface area (Å²) in [5.41, 5.74) is 0.372. The van der Waals surface area contributed by atoms with Crippen LogP contribution in [0.1, 0.15) is 24.2 Å². The van der Waals surface area contributed by atoms with Gasteiger partial charge in [0.05, 0.1) is 15.2 Å². The maximum atomic E-state index is 11.4. The molecule has 1 aromatic rings. The van der Waals surface area contributed by atoms with Gasteiger partial charge in [-0.25, -0.2) is 4.79 Å². The maximum absolute atomic E-state index is 11.4. The van der Waals surface area contributed by atoms with Gasteiger partial charge < -0.3 is 9.84 Å². The number of aromatic hydroxyl groups is 1. The summed E-state index contributed by atoms with van der Waals surface area (Å²) in [5, 5.41) is 9.37. The lowest BCUT2D eigenvalue weighted by Gasteiger charge is -2.08. The fourth-order valence-corrected chi connectivity index (χ4v) is 1.26. The minimum atomic E-state index is -0.410. The summed E-state index contributed by atoms with van der Waals surface area (Å²) in [6, 6.07) is 4.71. The quantitative estimate of drug-likeness (QED) is 0.675. The molecule has 0 aliphatic rings. The van der Waals surface area contributed by atoms with Gasteiger partial charge in [0.25, 0.3) is 0 Å². The van der Waals surface area contributed by atoms with Crippen molar-refractivity contribution in [2.45, 2.75) is 20.0 Å². The molecule has 0 aromatic heterocycles. The van der Waals surface area contributed by atoms with Crippen molar-refractivity contribution in [3.8, 4) is 5.75 Å². The standard InChI is InChI=1S/C10H11IO3/c1-6(2)14-10(13)7-3-4-8(11)9(12)5-7/h3-6,12H,1-2H3. The zero-order valence-electron chi connectivity index (χ0n) is 7.95. The van der Waals surface area contributed by atoms with Crippen LogP contribution < -0.4 is 0 Å². The largest absolute Gasteiger partial charge is 0.507 e. The summed E-state index contributed by atoms with van der Waals surface area (Å²) in [6.45, 7) is 3.56. The summed E-state index contributed by atoms with van der Waals surface area (Å²) in [6.07, 6.45) is -0.149. The Labute approximate surface area is 96.2 Å². The fourth-order valence-electron chi connectivity index (χ4n) is 0.922. The molecule has 3 nitrogen and oxygen atoms in total. The molecule has 0 radical (unpaired) electrons. The molecular weight excluding hydrogens is 295 g/mol. The molecule has 76 valence electrons. The number of hydrogen-bond acceptors (Lipinski definition) is 3. The van der Waals surface area contributed by atoms with E-state index in [1.165, 1.54) is 6.07 Å². The lowest BCUT2D eigenvalue weighted by Crippen LogP contribution is -2.11. The Morgan fingerprint density at radius 2 is 2.14 bits per heavy atom. The van der Waals surface area contributed by atoms with Crippen LogP contribution in [0, 0.1) is 3.57 Å². The van der Waals surface area contributed by atoms with Gasteiger partial charge in [-0.1, -0.05) is 0 Å². The number of benzene rings is 1. The smallest absolute Gasteiger partial charge is 0.338 e. The normalized spacial score (nSPS) is 10.3. The summed E-state index contributed by atoms with van der Waals surface area (Å²) >= 11 is 1.99. The highest BCUT2D eigenvalue weighted by Crippen LogP contribution is 2.20. The van der Waals surface area contributed by atoms with Gasteiger partial charge in [0.15, 0.2) is 0 Å². The topological polar surface area (TPSA) is 46.5 Å². The summed E-state index contributed by atoms with van der Waals surface area (Å²) in [5.74, 6) is -0.310. The average Bonchev–Trinajstić information content (AvgIpc) is 2.08. The number of carbonyl (C=O) groups excluding carboxylic acids is 1. The van der Waals surface area contributed by atoms with E-state index in [0.717, 1.165) is 0 Å². The van der Waals surface area contributed by atoms with Crippen LogP contribution in [0.4, 0.5) is 0 Å². The Kier molecular flexibility index (Phi) is 3.74. The number of carbonyl (C=O) groups is 1. The first-order valence-electron chi connectivity index (χ1n) is 4.20. The van der Waals surface area contributed by atoms with E-state index in [2.05, 4.69) is 0 Å². The molecule has 0 aliphatic heterocycles. The van der Waals surface area contributed by atoms with Crippen LogP contribution in [0.2, 0.25) is 0 Å². The van der Waals surface area contributed by atoms with Crippen molar-refractivity contribution in [3.05, 3.63) is 27.3 Å². The second-order valence-electron chi connectivity index (χ2n) is 3.12. The third-order valence-electron chi connectivity index (χ3n) is 1.52. The first-order chi connectivity index (χ1) is 6.50. The van der Waals surface area contributed by atoms with Crippen molar-refractivity contribution in [2.75, 3.05) is 0 Å². The highest BCUT2D eigenvalue weighted by atomic mass is 127. The molecule has 0 aliphatic carbocycles. The SMILES string of the molecule is CC(C)OC(=O)c1ccc(I)c(O)c1. The van der Waals surface area contributed by atoms with E-state index in [9.17, 15) is 9.90 Å². The van der Waals surface area contributed by atoms with Gasteiger partial charge in [0.1, 0.15) is 5.75 Å². The van der Waals surface area contributed by atoms with Gasteiger partial charge >= 0.3 is 5.97 Å². The van der Waals surface area contributed by atoms with E-state index in [0.29, 0.717) is 9.13 Å². The number of hydrogen-bond donors (Lipinski definition) is 1. The minimum absolute atomic E-state index is 0.101. The average molecular weight is 306 g/mol. The summed E-state index contributed by atoms with van der Waals surface area (Å²) in [4.78, 5) is 11.4. The lowest BCUT2D eigenvalue weighted by molar-refractivity contribution is 0.0377. The zero-order valence-corrected chi connectivity index (χ0v) is 10.1. The maximum Gasteiger partial charge on any atom is 0.338 e.